The van der Waals surface area contributed by atoms with E-state index in [0.717, 1.165) is 6.20 Å². The fourth-order valence-electron chi connectivity index (χ4n) is 4.29. The molecule has 1 N–H and O–H groups in total. The quantitative estimate of drug-likeness (QED) is 0.314. The van der Waals surface area contributed by atoms with E-state index in [-0.39, 0.29) is 39.0 Å². The van der Waals surface area contributed by atoms with Crippen LogP contribution in [0, 0.1) is 0 Å². The van der Waals surface area contributed by atoms with Gasteiger partial charge in [0.15, 0.2) is 17.3 Å². The van der Waals surface area contributed by atoms with E-state index in [1.165, 1.54) is 48.8 Å². The number of fused-ring (bicyclic) bond motifs is 2. The Balaban J connectivity index is 1.51. The molecule has 0 saturated carbocycles. The molecule has 0 amide bonds. The number of ether oxygens (including phenoxy) is 1. The van der Waals surface area contributed by atoms with Gasteiger partial charge in [0.2, 0.25) is 5.88 Å². The summed E-state index contributed by atoms with van der Waals surface area (Å²) in [7, 11) is 1.41. The monoisotopic (exact) mass is 538 g/mol. The van der Waals surface area contributed by atoms with E-state index >= 15 is 0 Å². The van der Waals surface area contributed by atoms with Gasteiger partial charge in [0.05, 0.1) is 42.0 Å². The molecule has 1 aromatic carbocycles. The molecule has 10 nitrogen and oxygen atoms in total. The molecule has 0 radical (unpaired) electrons. The number of benzene rings is 1. The van der Waals surface area contributed by atoms with Gasteiger partial charge in [0.25, 0.3) is 0 Å². The largest absolute Gasteiger partial charge is 0.481 e. The lowest BCUT2D eigenvalue weighted by Crippen LogP contribution is -2.18. The summed E-state index contributed by atoms with van der Waals surface area (Å²) < 4.78 is 49.3. The van der Waals surface area contributed by atoms with Crippen LogP contribution in [0.15, 0.2) is 61.3 Å². The number of pyridine rings is 2. The Hall–Kier alpha value is -4.78. The van der Waals surface area contributed by atoms with E-state index in [1.54, 1.807) is 18.2 Å². The molecule has 190 valence electrons. The summed E-state index contributed by atoms with van der Waals surface area (Å²) in [6.07, 6.45) is 1.56. The van der Waals surface area contributed by atoms with Crippen LogP contribution in [-0.4, -0.2) is 52.6 Å². The minimum atomic E-state index is -4.91. The van der Waals surface area contributed by atoms with Gasteiger partial charge in [0, 0.05) is 34.1 Å². The van der Waals surface area contributed by atoms with Crippen molar-refractivity contribution >= 4 is 39.2 Å². The van der Waals surface area contributed by atoms with Crippen LogP contribution in [0.25, 0.3) is 33.3 Å². The molecule has 38 heavy (non-hydrogen) atoms. The van der Waals surface area contributed by atoms with Crippen molar-refractivity contribution in [2.45, 2.75) is 6.18 Å². The van der Waals surface area contributed by atoms with Crippen LogP contribution >= 0.6 is 11.6 Å². The molecule has 0 bridgehead atoms. The Labute approximate surface area is 215 Å². The Bertz CT molecular complexity index is 1840. The maximum atomic E-state index is 14.5. The number of hydrogen-bond acceptors (Lipinski definition) is 7. The lowest BCUT2D eigenvalue weighted by molar-refractivity contribution is -0.143. The van der Waals surface area contributed by atoms with Crippen molar-refractivity contribution in [1.29, 1.82) is 0 Å². The van der Waals surface area contributed by atoms with E-state index < -0.39 is 23.2 Å². The minimum Gasteiger partial charge on any atom is -0.481 e. The molecule has 0 atom stereocenters. The summed E-state index contributed by atoms with van der Waals surface area (Å²) in [5.41, 5.74) is -1.58. The van der Waals surface area contributed by atoms with Crippen LogP contribution in [-0.2, 0) is 6.18 Å². The lowest BCUT2D eigenvalue weighted by atomic mass is 10.0. The number of aromatic nitrogens is 8. The van der Waals surface area contributed by atoms with Gasteiger partial charge in [0.1, 0.15) is 5.65 Å². The van der Waals surface area contributed by atoms with E-state index in [9.17, 15) is 18.0 Å². The summed E-state index contributed by atoms with van der Waals surface area (Å²) in [6, 6.07) is 7.68. The van der Waals surface area contributed by atoms with Gasteiger partial charge >= 0.3 is 6.18 Å². The Morgan fingerprint density at radius 2 is 1.82 bits per heavy atom. The van der Waals surface area contributed by atoms with Gasteiger partial charge in [-0.3, -0.25) is 4.79 Å². The number of halogens is 4. The average molecular weight is 539 g/mol. The first-order valence-corrected chi connectivity index (χ1v) is 11.3. The van der Waals surface area contributed by atoms with E-state index in [2.05, 4.69) is 30.2 Å². The lowest BCUT2D eigenvalue weighted by Gasteiger charge is -2.14. The first-order chi connectivity index (χ1) is 18.3. The van der Waals surface area contributed by atoms with Crippen LogP contribution in [0.5, 0.6) is 5.88 Å². The molecular weight excluding hydrogens is 525 g/mol. The highest BCUT2D eigenvalue weighted by Crippen LogP contribution is 2.37. The standard InChI is InChI=1S/C24H14ClF3N8O2/c1-38-23-13-3-2-4-18(12(13)5-6-29-23)35-20(24(26,27)28)16(11-33-35)19(37)15-10-30-21-14(15)9-17(25)22(34-21)36-31-7-8-32-36/h2-11H,1H3,(H,30,34). The first-order valence-electron chi connectivity index (χ1n) is 10.9. The number of hydrogen-bond donors (Lipinski definition) is 1. The third-order valence-electron chi connectivity index (χ3n) is 5.90. The van der Waals surface area contributed by atoms with Crippen molar-refractivity contribution in [3.05, 3.63) is 83.2 Å². The minimum absolute atomic E-state index is 0.0526. The van der Waals surface area contributed by atoms with Crippen LogP contribution in [0.1, 0.15) is 21.6 Å². The molecule has 6 rings (SSSR count). The molecule has 0 aliphatic rings. The summed E-state index contributed by atoms with van der Waals surface area (Å²) in [6.45, 7) is 0. The molecule has 6 aromatic rings. The van der Waals surface area contributed by atoms with Crippen molar-refractivity contribution in [3.63, 3.8) is 0 Å². The second-order valence-electron chi connectivity index (χ2n) is 8.05. The molecule has 0 unspecified atom stereocenters. The fourth-order valence-corrected chi connectivity index (χ4v) is 4.52. The molecule has 0 fully saturated rings. The fraction of sp³-hybridized carbons (Fsp3) is 0.0833. The third-order valence-corrected chi connectivity index (χ3v) is 6.18. The summed E-state index contributed by atoms with van der Waals surface area (Å²) in [5, 5.41) is 13.2. The van der Waals surface area contributed by atoms with Crippen molar-refractivity contribution in [3.8, 4) is 17.4 Å². The Kier molecular flexibility index (Phi) is 5.38. The van der Waals surface area contributed by atoms with Crippen LogP contribution in [0.2, 0.25) is 5.02 Å². The highest BCUT2D eigenvalue weighted by atomic mass is 35.5. The zero-order valence-electron chi connectivity index (χ0n) is 19.2. The molecule has 0 spiro atoms. The van der Waals surface area contributed by atoms with Crippen molar-refractivity contribution in [2.24, 2.45) is 0 Å². The van der Waals surface area contributed by atoms with Crippen LogP contribution in [0.3, 0.4) is 0 Å². The zero-order chi connectivity index (χ0) is 26.6. The number of rotatable bonds is 5. The number of carbonyl (C=O) groups is 1. The Morgan fingerprint density at radius 1 is 1.03 bits per heavy atom. The number of methoxy groups -OCH3 is 1. The van der Waals surface area contributed by atoms with Gasteiger partial charge in [-0.2, -0.15) is 28.5 Å². The number of nitrogens with one attached hydrogen (secondary N) is 1. The molecular formula is C24H14ClF3N8O2. The first kappa shape index (κ1) is 23.6. The predicted molar refractivity (Wildman–Crippen MR) is 130 cm³/mol. The molecule has 0 aliphatic carbocycles. The van der Waals surface area contributed by atoms with E-state index in [4.69, 9.17) is 16.3 Å². The smallest absolute Gasteiger partial charge is 0.434 e. The number of aromatic amines is 1. The van der Waals surface area contributed by atoms with Gasteiger partial charge in [-0.1, -0.05) is 17.7 Å². The number of H-pyrrole nitrogens is 1. The van der Waals surface area contributed by atoms with Crippen molar-refractivity contribution < 1.29 is 22.7 Å². The number of alkyl halides is 3. The third kappa shape index (κ3) is 3.66. The molecule has 5 aromatic heterocycles. The van der Waals surface area contributed by atoms with E-state index in [1.807, 2.05) is 0 Å². The average Bonchev–Trinajstić information content (AvgIpc) is 3.66. The number of nitrogens with zero attached hydrogens (tertiary/aromatic N) is 7. The molecule has 5 heterocycles. The van der Waals surface area contributed by atoms with E-state index in [0.29, 0.717) is 15.5 Å². The van der Waals surface area contributed by atoms with Gasteiger partial charge in [-0.05, 0) is 24.3 Å². The highest BCUT2D eigenvalue weighted by Gasteiger charge is 2.41. The van der Waals surface area contributed by atoms with Gasteiger partial charge in [-0.25, -0.2) is 14.6 Å². The molecule has 0 aliphatic heterocycles. The maximum absolute atomic E-state index is 14.5. The second-order valence-corrected chi connectivity index (χ2v) is 8.46. The number of ketones is 1. The maximum Gasteiger partial charge on any atom is 0.434 e. The summed E-state index contributed by atoms with van der Waals surface area (Å²) in [5.74, 6) is -0.471. The zero-order valence-corrected chi connectivity index (χ0v) is 20.0. The SMILES string of the molecule is COc1nccc2c(-n3ncc(C(=O)c4c[nH]c5nc(-n6nccn6)c(Cl)cc45)c3C(F)(F)F)cccc12. The summed E-state index contributed by atoms with van der Waals surface area (Å²) in [4.78, 5) is 25.9. The molecule has 0 saturated heterocycles. The van der Waals surface area contributed by atoms with Crippen molar-refractivity contribution in [1.82, 2.24) is 39.7 Å². The topological polar surface area (TPSA) is 116 Å². The van der Waals surface area contributed by atoms with Crippen LogP contribution in [0.4, 0.5) is 13.2 Å². The van der Waals surface area contributed by atoms with Gasteiger partial charge in [-0.15, -0.1) is 4.80 Å². The Morgan fingerprint density at radius 3 is 2.55 bits per heavy atom. The molecule has 14 heteroatoms. The highest BCUT2D eigenvalue weighted by molar-refractivity contribution is 6.33. The van der Waals surface area contributed by atoms with Gasteiger partial charge < -0.3 is 9.72 Å². The second kappa shape index (κ2) is 8.66. The normalized spacial score (nSPS) is 11.9. The van der Waals surface area contributed by atoms with Crippen molar-refractivity contribution in [2.75, 3.05) is 7.11 Å². The van der Waals surface area contributed by atoms with Crippen LogP contribution < -0.4 is 4.74 Å². The number of carbonyl (C=O) groups excluding carboxylic acids is 1. The predicted octanol–water partition coefficient (Wildman–Crippen LogP) is 4.79. The summed E-state index contributed by atoms with van der Waals surface area (Å²) >= 11 is 6.34.